The normalized spacial score (nSPS) is 12.6. The molecule has 1 atom stereocenters. The van der Waals surface area contributed by atoms with Gasteiger partial charge in [0, 0.05) is 29.7 Å². The molecule has 1 aromatic heterocycles. The van der Waals surface area contributed by atoms with Crippen molar-refractivity contribution >= 4 is 29.2 Å². The Hall–Kier alpha value is -3.74. The lowest BCUT2D eigenvalue weighted by Crippen LogP contribution is -2.20. The van der Waals surface area contributed by atoms with E-state index in [1.54, 1.807) is 24.3 Å². The monoisotopic (exact) mass is 394 g/mol. The number of aromatic amines is 1. The van der Waals surface area contributed by atoms with Gasteiger partial charge < -0.3 is 24.7 Å². The summed E-state index contributed by atoms with van der Waals surface area (Å²) in [5.41, 5.74) is 2.58. The first-order chi connectivity index (χ1) is 14.0. The Morgan fingerprint density at radius 2 is 1.90 bits per heavy atom. The van der Waals surface area contributed by atoms with Crippen LogP contribution in [0.5, 0.6) is 17.2 Å². The first-order valence-corrected chi connectivity index (χ1v) is 8.96. The Balaban J connectivity index is 1.75. The number of aromatic nitrogens is 1. The highest BCUT2D eigenvalue weighted by atomic mass is 16.5. The minimum atomic E-state index is -0.993. The zero-order chi connectivity index (χ0) is 20.8. The number of aliphatic carboxylic acids is 1. The Morgan fingerprint density at radius 1 is 1.21 bits per heavy atom. The fraction of sp³-hybridized carbons (Fsp3) is 0.182. The lowest BCUT2D eigenvalue weighted by Gasteiger charge is -2.09. The van der Waals surface area contributed by atoms with Gasteiger partial charge in [0.15, 0.2) is 17.5 Å². The fourth-order valence-electron chi connectivity index (χ4n) is 3.03. The van der Waals surface area contributed by atoms with E-state index in [-0.39, 0.29) is 23.7 Å². The summed E-state index contributed by atoms with van der Waals surface area (Å²) in [5.74, 6) is -0.509. The van der Waals surface area contributed by atoms with Gasteiger partial charge >= 0.3 is 5.97 Å². The summed E-state index contributed by atoms with van der Waals surface area (Å²) in [6, 6.07) is 10.1. The molecule has 3 N–H and O–H groups in total. The quantitative estimate of drug-likeness (QED) is 0.506. The average molecular weight is 394 g/mol. The first-order valence-electron chi connectivity index (χ1n) is 8.96. The number of rotatable bonds is 8. The molecule has 0 aliphatic heterocycles. The van der Waals surface area contributed by atoms with E-state index in [4.69, 9.17) is 9.47 Å². The molecule has 7 heteroatoms. The van der Waals surface area contributed by atoms with Crippen LogP contribution in [0.2, 0.25) is 0 Å². The van der Waals surface area contributed by atoms with E-state index < -0.39 is 12.0 Å². The number of fused-ring (bicyclic) bond motifs is 1. The molecule has 0 amide bonds. The number of carboxylic acid groups (broad SMARTS) is 1. The van der Waals surface area contributed by atoms with Crippen LogP contribution in [0.3, 0.4) is 0 Å². The molecule has 0 radical (unpaired) electrons. The van der Waals surface area contributed by atoms with Crippen LogP contribution in [0.15, 0.2) is 53.7 Å². The van der Waals surface area contributed by atoms with Crippen molar-refractivity contribution in [3.63, 3.8) is 0 Å². The van der Waals surface area contributed by atoms with Gasteiger partial charge in [-0.25, -0.2) is 4.79 Å². The van der Waals surface area contributed by atoms with Gasteiger partial charge in [0.2, 0.25) is 5.75 Å². The van der Waals surface area contributed by atoms with E-state index in [1.807, 2.05) is 30.5 Å². The van der Waals surface area contributed by atoms with Crippen molar-refractivity contribution in [2.45, 2.75) is 12.5 Å². The van der Waals surface area contributed by atoms with Crippen LogP contribution in [0.4, 0.5) is 0 Å². The summed E-state index contributed by atoms with van der Waals surface area (Å²) in [4.78, 5) is 19.0. The maximum Gasteiger partial charge on any atom is 0.328 e. The number of hydrogen-bond donors (Lipinski definition) is 3. The maximum atomic E-state index is 11.6. The predicted octanol–water partition coefficient (Wildman–Crippen LogP) is 3.67. The number of nitrogens with one attached hydrogen (secondary N) is 1. The van der Waals surface area contributed by atoms with Crippen molar-refractivity contribution in [1.29, 1.82) is 0 Å². The SMILES string of the molecule is COc1cc(/C=C/C=N\C(Cc2c[nH]c3ccccc23)C(=O)O)cc(OC)c1O. The average Bonchev–Trinajstić information content (AvgIpc) is 3.13. The lowest BCUT2D eigenvalue weighted by molar-refractivity contribution is -0.138. The zero-order valence-electron chi connectivity index (χ0n) is 16.1. The Kier molecular flexibility index (Phi) is 6.19. The number of benzene rings is 2. The van der Waals surface area contributed by atoms with E-state index in [0.29, 0.717) is 5.56 Å². The molecule has 3 aromatic rings. The van der Waals surface area contributed by atoms with Crippen LogP contribution < -0.4 is 9.47 Å². The number of aromatic hydroxyl groups is 1. The predicted molar refractivity (Wildman–Crippen MR) is 112 cm³/mol. The minimum absolute atomic E-state index is 0.0783. The van der Waals surface area contributed by atoms with Gasteiger partial charge in [-0.05, 0) is 35.4 Å². The fourth-order valence-corrected chi connectivity index (χ4v) is 3.03. The Bertz CT molecular complexity index is 1040. The number of H-pyrrole nitrogens is 1. The van der Waals surface area contributed by atoms with Gasteiger partial charge in [0.1, 0.15) is 0 Å². The van der Waals surface area contributed by atoms with Crippen LogP contribution in [-0.4, -0.2) is 47.6 Å². The summed E-state index contributed by atoms with van der Waals surface area (Å²) < 4.78 is 10.2. The highest BCUT2D eigenvalue weighted by Crippen LogP contribution is 2.37. The van der Waals surface area contributed by atoms with E-state index in [2.05, 4.69) is 9.98 Å². The molecule has 1 heterocycles. The third kappa shape index (κ3) is 4.57. The molecule has 2 aromatic carbocycles. The molecule has 0 saturated carbocycles. The minimum Gasteiger partial charge on any atom is -0.502 e. The number of carbonyl (C=O) groups is 1. The van der Waals surface area contributed by atoms with Crippen molar-refractivity contribution in [1.82, 2.24) is 4.98 Å². The van der Waals surface area contributed by atoms with E-state index >= 15 is 0 Å². The topological polar surface area (TPSA) is 104 Å². The molecule has 150 valence electrons. The standard InChI is InChI=1S/C22H22N2O5/c1-28-19-10-14(11-20(29-2)21(19)25)6-5-9-23-18(22(26)27)12-15-13-24-17-8-4-3-7-16(15)17/h3-11,13,18,24-25H,12H2,1-2H3,(H,26,27)/b6-5+,23-9-. The number of ether oxygens (including phenoxy) is 2. The van der Waals surface area contributed by atoms with Gasteiger partial charge in [-0.1, -0.05) is 24.3 Å². The smallest absolute Gasteiger partial charge is 0.328 e. The van der Waals surface area contributed by atoms with Crippen LogP contribution in [0, 0.1) is 0 Å². The van der Waals surface area contributed by atoms with Crippen LogP contribution in [0.1, 0.15) is 11.1 Å². The Morgan fingerprint density at radius 3 is 2.55 bits per heavy atom. The first kappa shape index (κ1) is 20.0. The van der Waals surface area contributed by atoms with Gasteiger partial charge in [-0.3, -0.25) is 4.99 Å². The number of phenolic OH excluding ortho intramolecular Hbond substituents is 1. The van der Waals surface area contributed by atoms with Crippen molar-refractivity contribution in [2.75, 3.05) is 14.2 Å². The molecular formula is C22H22N2O5. The number of hydrogen-bond acceptors (Lipinski definition) is 5. The zero-order valence-corrected chi connectivity index (χ0v) is 16.1. The van der Waals surface area contributed by atoms with Crippen molar-refractivity contribution in [2.24, 2.45) is 4.99 Å². The van der Waals surface area contributed by atoms with Crippen molar-refractivity contribution in [3.05, 3.63) is 59.8 Å². The summed E-state index contributed by atoms with van der Waals surface area (Å²) >= 11 is 0. The maximum absolute atomic E-state index is 11.6. The van der Waals surface area contributed by atoms with E-state index in [1.165, 1.54) is 20.4 Å². The number of para-hydroxylation sites is 1. The third-order valence-electron chi connectivity index (χ3n) is 4.52. The summed E-state index contributed by atoms with van der Waals surface area (Å²) in [6.45, 7) is 0. The van der Waals surface area contributed by atoms with Gasteiger partial charge in [0.05, 0.1) is 14.2 Å². The number of nitrogens with zero attached hydrogens (tertiary/aromatic N) is 1. The molecule has 3 rings (SSSR count). The number of carboxylic acids is 1. The van der Waals surface area contributed by atoms with Gasteiger partial charge in [-0.2, -0.15) is 0 Å². The number of methoxy groups -OCH3 is 2. The summed E-state index contributed by atoms with van der Waals surface area (Å²) in [6.07, 6.45) is 6.92. The summed E-state index contributed by atoms with van der Waals surface area (Å²) in [7, 11) is 2.90. The van der Waals surface area contributed by atoms with Gasteiger partial charge in [0.25, 0.3) is 0 Å². The second-order valence-corrected chi connectivity index (χ2v) is 6.35. The molecule has 0 saturated heterocycles. The largest absolute Gasteiger partial charge is 0.502 e. The molecule has 0 spiro atoms. The Labute approximate surface area is 167 Å². The third-order valence-corrected chi connectivity index (χ3v) is 4.52. The summed E-state index contributed by atoms with van der Waals surface area (Å²) in [5, 5.41) is 20.5. The van der Waals surface area contributed by atoms with Crippen LogP contribution in [0.25, 0.3) is 17.0 Å². The second kappa shape index (κ2) is 8.97. The van der Waals surface area contributed by atoms with Crippen molar-refractivity contribution in [3.8, 4) is 17.2 Å². The molecular weight excluding hydrogens is 372 g/mol. The second-order valence-electron chi connectivity index (χ2n) is 6.35. The van der Waals surface area contributed by atoms with E-state index in [0.717, 1.165) is 16.5 Å². The number of allylic oxidation sites excluding steroid dienone is 1. The molecule has 0 bridgehead atoms. The molecule has 0 aliphatic rings. The number of phenols is 1. The highest BCUT2D eigenvalue weighted by molar-refractivity contribution is 5.86. The van der Waals surface area contributed by atoms with Gasteiger partial charge in [-0.15, -0.1) is 0 Å². The van der Waals surface area contributed by atoms with E-state index in [9.17, 15) is 15.0 Å². The molecule has 29 heavy (non-hydrogen) atoms. The highest BCUT2D eigenvalue weighted by Gasteiger charge is 2.17. The molecule has 0 fully saturated rings. The molecule has 1 unspecified atom stereocenters. The van der Waals surface area contributed by atoms with Crippen molar-refractivity contribution < 1.29 is 24.5 Å². The van der Waals surface area contributed by atoms with Crippen LogP contribution in [-0.2, 0) is 11.2 Å². The van der Waals surface area contributed by atoms with Crippen LogP contribution >= 0.6 is 0 Å². The molecule has 7 nitrogen and oxygen atoms in total. The number of aliphatic imine (C=N–C) groups is 1. The molecule has 0 aliphatic carbocycles. The lowest BCUT2D eigenvalue weighted by atomic mass is 10.1.